The lowest BCUT2D eigenvalue weighted by Gasteiger charge is -2.28. The number of halogens is 4. The number of rotatable bonds is 11. The highest BCUT2D eigenvalue weighted by molar-refractivity contribution is 5.54. The van der Waals surface area contributed by atoms with Crippen molar-refractivity contribution in [3.63, 3.8) is 0 Å². The number of unbranched alkanes of at least 4 members (excludes halogenated alkanes) is 8. The molecule has 1 saturated carbocycles. The Morgan fingerprint density at radius 2 is 1.36 bits per heavy atom. The second-order valence-corrected chi connectivity index (χ2v) is 10.0. The molecular formula is C32H38F4. The van der Waals surface area contributed by atoms with E-state index in [4.69, 9.17) is 0 Å². The van der Waals surface area contributed by atoms with Crippen LogP contribution < -0.4 is 0 Å². The summed E-state index contributed by atoms with van der Waals surface area (Å²) < 4.78 is 55.8. The summed E-state index contributed by atoms with van der Waals surface area (Å²) in [4.78, 5) is 0. The normalized spacial score (nSPS) is 15.7. The van der Waals surface area contributed by atoms with Crippen LogP contribution in [0.4, 0.5) is 17.6 Å². The number of alkyl halides is 2. The molecule has 0 unspecified atom stereocenters. The van der Waals surface area contributed by atoms with E-state index in [1.165, 1.54) is 56.7 Å². The standard InChI is InChI=1S/C32H38F4/c1-2-3-4-5-6-7-8-9-10-11-12-29-30(33)23-26(24-31(29)34)14-13-25-15-17-27(18-16-25)28-19-21-32(35,36)22-20-28/h11-12,15-18,23-24,28H,2-10,19-22H2,1H3/b12-11+. The molecule has 0 nitrogen and oxygen atoms in total. The third-order valence-electron chi connectivity index (χ3n) is 7.04. The van der Waals surface area contributed by atoms with Gasteiger partial charge >= 0.3 is 0 Å². The minimum absolute atomic E-state index is 0.0254. The highest BCUT2D eigenvalue weighted by atomic mass is 19.3. The number of allylic oxidation sites excluding steroid dienone is 1. The van der Waals surface area contributed by atoms with E-state index >= 15 is 0 Å². The largest absolute Gasteiger partial charge is 0.248 e. The summed E-state index contributed by atoms with van der Waals surface area (Å²) in [5.74, 6) is 2.16. The molecule has 1 aliphatic rings. The van der Waals surface area contributed by atoms with Crippen LogP contribution in [0.3, 0.4) is 0 Å². The van der Waals surface area contributed by atoms with Crippen LogP contribution in [0.25, 0.3) is 6.08 Å². The van der Waals surface area contributed by atoms with Gasteiger partial charge in [0.1, 0.15) is 11.6 Å². The molecule has 0 saturated heterocycles. The minimum atomic E-state index is -2.54. The van der Waals surface area contributed by atoms with Gasteiger partial charge in [0.15, 0.2) is 0 Å². The summed E-state index contributed by atoms with van der Waals surface area (Å²) in [6.07, 6.45) is 14.9. The third-order valence-corrected chi connectivity index (χ3v) is 7.04. The van der Waals surface area contributed by atoms with Crippen molar-refractivity contribution < 1.29 is 17.6 Å². The maximum absolute atomic E-state index is 14.5. The SMILES string of the molecule is CCCCCCCCCC/C=C/c1c(F)cc(C#Cc2ccc(C3CCC(F)(F)CC3)cc2)cc1F. The van der Waals surface area contributed by atoms with Gasteiger partial charge in [-0.25, -0.2) is 17.6 Å². The van der Waals surface area contributed by atoms with Gasteiger partial charge in [0.25, 0.3) is 0 Å². The van der Waals surface area contributed by atoms with Gasteiger partial charge in [-0.2, -0.15) is 0 Å². The Bertz CT molecular complexity index is 1010. The van der Waals surface area contributed by atoms with Crippen molar-refractivity contribution in [3.8, 4) is 11.8 Å². The lowest BCUT2D eigenvalue weighted by atomic mass is 9.82. The van der Waals surface area contributed by atoms with Gasteiger partial charge in [0.2, 0.25) is 5.92 Å². The Morgan fingerprint density at radius 3 is 1.97 bits per heavy atom. The Kier molecular flexibility index (Phi) is 11.1. The topological polar surface area (TPSA) is 0 Å². The van der Waals surface area contributed by atoms with E-state index in [1.54, 1.807) is 0 Å². The summed E-state index contributed by atoms with van der Waals surface area (Å²) in [6.45, 7) is 2.22. The molecule has 4 heteroatoms. The second-order valence-electron chi connectivity index (χ2n) is 10.0. The zero-order chi connectivity index (χ0) is 25.8. The molecule has 194 valence electrons. The molecule has 1 fully saturated rings. The maximum atomic E-state index is 14.5. The van der Waals surface area contributed by atoms with E-state index in [1.807, 2.05) is 30.3 Å². The molecule has 0 aliphatic heterocycles. The highest BCUT2D eigenvalue weighted by Gasteiger charge is 2.35. The smallest absolute Gasteiger partial charge is 0.207 e. The van der Waals surface area contributed by atoms with Crippen molar-refractivity contribution in [3.05, 3.63) is 76.4 Å². The molecule has 0 radical (unpaired) electrons. The summed E-state index contributed by atoms with van der Waals surface area (Å²) in [5, 5.41) is 0. The highest BCUT2D eigenvalue weighted by Crippen LogP contribution is 2.40. The van der Waals surface area contributed by atoms with Gasteiger partial charge < -0.3 is 0 Å². The summed E-state index contributed by atoms with van der Waals surface area (Å²) >= 11 is 0. The van der Waals surface area contributed by atoms with E-state index in [-0.39, 0.29) is 29.9 Å². The molecular weight excluding hydrogens is 460 g/mol. The van der Waals surface area contributed by atoms with Crippen LogP contribution in [0.1, 0.15) is 119 Å². The predicted octanol–water partition coefficient (Wildman–Crippen LogP) is 10.2. The van der Waals surface area contributed by atoms with E-state index in [2.05, 4.69) is 18.8 Å². The first-order valence-electron chi connectivity index (χ1n) is 13.5. The summed E-state index contributed by atoms with van der Waals surface area (Å²) in [5.41, 5.74) is 2.01. The first-order chi connectivity index (χ1) is 17.4. The van der Waals surface area contributed by atoms with E-state index in [0.29, 0.717) is 12.8 Å². The summed E-state index contributed by atoms with van der Waals surface area (Å²) in [7, 11) is 0. The zero-order valence-corrected chi connectivity index (χ0v) is 21.4. The molecule has 36 heavy (non-hydrogen) atoms. The third kappa shape index (κ3) is 9.16. The molecule has 0 aromatic heterocycles. The molecule has 1 aliphatic carbocycles. The van der Waals surface area contributed by atoms with Crippen molar-refractivity contribution in [2.45, 2.75) is 102 Å². The molecule has 0 amide bonds. The summed E-state index contributed by atoms with van der Waals surface area (Å²) in [6, 6.07) is 10.0. The number of hydrogen-bond donors (Lipinski definition) is 0. The fourth-order valence-electron chi connectivity index (χ4n) is 4.77. The van der Waals surface area contributed by atoms with Gasteiger partial charge in [0.05, 0.1) is 0 Å². The number of benzene rings is 2. The molecule has 3 rings (SSSR count). The van der Waals surface area contributed by atoms with Gasteiger partial charge in [-0.1, -0.05) is 88.0 Å². The quantitative estimate of drug-likeness (QED) is 0.164. The van der Waals surface area contributed by atoms with Crippen LogP contribution >= 0.6 is 0 Å². The van der Waals surface area contributed by atoms with Crippen LogP contribution in [-0.4, -0.2) is 5.92 Å². The molecule has 0 bridgehead atoms. The average Bonchev–Trinajstić information content (AvgIpc) is 2.85. The van der Waals surface area contributed by atoms with Crippen LogP contribution in [0.2, 0.25) is 0 Å². The lowest BCUT2D eigenvalue weighted by molar-refractivity contribution is -0.0382. The van der Waals surface area contributed by atoms with E-state index < -0.39 is 17.6 Å². The van der Waals surface area contributed by atoms with Crippen LogP contribution in [0.15, 0.2) is 42.5 Å². The van der Waals surface area contributed by atoms with Crippen LogP contribution in [-0.2, 0) is 0 Å². The predicted molar refractivity (Wildman–Crippen MR) is 141 cm³/mol. The Hall–Kier alpha value is -2.54. The Morgan fingerprint density at radius 1 is 0.806 bits per heavy atom. The van der Waals surface area contributed by atoms with E-state index in [9.17, 15) is 17.6 Å². The zero-order valence-electron chi connectivity index (χ0n) is 21.4. The van der Waals surface area contributed by atoms with Crippen molar-refractivity contribution in [1.82, 2.24) is 0 Å². The fourth-order valence-corrected chi connectivity index (χ4v) is 4.77. The monoisotopic (exact) mass is 498 g/mol. The van der Waals surface area contributed by atoms with Crippen LogP contribution in [0.5, 0.6) is 0 Å². The Labute approximate surface area is 214 Å². The molecule has 0 N–H and O–H groups in total. The molecule has 0 spiro atoms. The van der Waals surface area contributed by atoms with Gasteiger partial charge in [-0.05, 0) is 61.4 Å². The molecule has 0 heterocycles. The molecule has 2 aromatic carbocycles. The van der Waals surface area contributed by atoms with E-state index in [0.717, 1.165) is 30.4 Å². The van der Waals surface area contributed by atoms with Gasteiger partial charge in [-0.3, -0.25) is 0 Å². The first kappa shape index (κ1) is 28.0. The first-order valence-corrected chi connectivity index (χ1v) is 13.5. The van der Waals surface area contributed by atoms with Gasteiger partial charge in [0, 0.05) is 29.5 Å². The minimum Gasteiger partial charge on any atom is -0.207 e. The molecule has 2 aromatic rings. The van der Waals surface area contributed by atoms with Gasteiger partial charge in [-0.15, -0.1) is 0 Å². The van der Waals surface area contributed by atoms with Crippen molar-refractivity contribution in [2.24, 2.45) is 0 Å². The van der Waals surface area contributed by atoms with Crippen molar-refractivity contribution in [1.29, 1.82) is 0 Å². The maximum Gasteiger partial charge on any atom is 0.248 e. The van der Waals surface area contributed by atoms with Crippen LogP contribution in [0, 0.1) is 23.5 Å². The van der Waals surface area contributed by atoms with Crippen molar-refractivity contribution in [2.75, 3.05) is 0 Å². The average molecular weight is 499 g/mol. The Balaban J connectivity index is 1.49. The lowest BCUT2D eigenvalue weighted by Crippen LogP contribution is -2.23. The fraction of sp³-hybridized carbons (Fsp3) is 0.500. The second kappa shape index (κ2) is 14.3. The number of hydrogen-bond acceptors (Lipinski definition) is 0. The molecule has 0 atom stereocenters. The van der Waals surface area contributed by atoms with Crippen molar-refractivity contribution >= 4 is 6.08 Å².